The maximum Gasteiger partial charge on any atom is 0.326 e. The number of hydrogen-bond acceptors (Lipinski definition) is 12. The van der Waals surface area contributed by atoms with Gasteiger partial charge in [0.05, 0.1) is 6.04 Å². The molecule has 0 aromatic heterocycles. The van der Waals surface area contributed by atoms with Crippen molar-refractivity contribution in [2.24, 2.45) is 51.0 Å². The van der Waals surface area contributed by atoms with Gasteiger partial charge in [0.1, 0.15) is 30.2 Å². The fraction of sp³-hybridized carbons (Fsp3) is 0.800. The van der Waals surface area contributed by atoms with Crippen LogP contribution in [-0.4, -0.2) is 116 Å². The van der Waals surface area contributed by atoms with Gasteiger partial charge in [0.15, 0.2) is 5.96 Å². The number of amides is 5. The molecule has 318 valence electrons. The molecule has 0 saturated heterocycles. The standard InChI is InChI=1S/C35H71N13O7/c1-22(2)28(48-29(49)23(40)12-3-7-17-36)33(53)46-25(14-5-9-19-38)31(51)44-24(13-4-8-18-37)30(50)45-26(16-11-21-43-35(41)42)32(52)47-27(34(54)55)15-6-10-20-39/h22-28H,3-21,36-40H2,1-2H3,(H,44,51)(H,45,50)(H,46,53)(H,47,52)(H,48,49)(H,54,55)(H4,41,42,43)/t23-,24-,25-,26-,27-,28-/m0/s1. The molecule has 0 saturated carbocycles. The van der Waals surface area contributed by atoms with Crippen molar-refractivity contribution in [3.05, 3.63) is 0 Å². The third-order valence-electron chi connectivity index (χ3n) is 8.85. The highest BCUT2D eigenvalue weighted by molar-refractivity contribution is 5.96. The SMILES string of the molecule is CC(C)[C@H](NC(=O)[C@@H](N)CCCCN)C(=O)N[C@@H](CCCCN)C(=O)N[C@@H](CCCCN)C(=O)N[C@@H](CCCN=C(N)N)C(=O)N[C@@H](CCCCN)C(=O)O. The van der Waals surface area contributed by atoms with Crippen LogP contribution in [0, 0.1) is 5.92 Å². The number of rotatable bonds is 32. The molecule has 20 N–H and O–H groups in total. The molecule has 0 fully saturated rings. The van der Waals surface area contributed by atoms with Crippen molar-refractivity contribution >= 4 is 41.5 Å². The van der Waals surface area contributed by atoms with E-state index in [2.05, 4.69) is 31.6 Å². The summed E-state index contributed by atoms with van der Waals surface area (Å²) in [5.41, 5.74) is 39.4. The van der Waals surface area contributed by atoms with E-state index in [4.69, 9.17) is 40.1 Å². The lowest BCUT2D eigenvalue weighted by atomic mass is 10.00. The van der Waals surface area contributed by atoms with Gasteiger partial charge in [-0.3, -0.25) is 29.0 Å². The Bertz CT molecular complexity index is 1190. The number of carboxylic acids is 1. The van der Waals surface area contributed by atoms with Crippen molar-refractivity contribution in [2.75, 3.05) is 32.7 Å². The highest BCUT2D eigenvalue weighted by Crippen LogP contribution is 2.11. The average molecular weight is 786 g/mol. The Balaban J connectivity index is 6.25. The number of nitrogens with one attached hydrogen (secondary N) is 5. The fourth-order valence-electron chi connectivity index (χ4n) is 5.56. The monoisotopic (exact) mass is 786 g/mol. The van der Waals surface area contributed by atoms with Crippen molar-refractivity contribution in [2.45, 2.75) is 140 Å². The molecular formula is C35H71N13O7. The largest absolute Gasteiger partial charge is 0.480 e. The van der Waals surface area contributed by atoms with E-state index in [0.29, 0.717) is 84.0 Å². The number of aliphatic imine (C=N–C) groups is 1. The Hall–Kier alpha value is -4.11. The van der Waals surface area contributed by atoms with Crippen LogP contribution < -0.4 is 66.7 Å². The maximum absolute atomic E-state index is 13.9. The maximum atomic E-state index is 13.9. The van der Waals surface area contributed by atoms with Gasteiger partial charge in [0, 0.05) is 6.54 Å². The second kappa shape index (κ2) is 30.2. The van der Waals surface area contributed by atoms with Crippen LogP contribution in [0.4, 0.5) is 0 Å². The van der Waals surface area contributed by atoms with Crippen LogP contribution in [0.2, 0.25) is 0 Å². The number of carboxylic acid groups (broad SMARTS) is 1. The van der Waals surface area contributed by atoms with Crippen LogP contribution in [0.5, 0.6) is 0 Å². The minimum Gasteiger partial charge on any atom is -0.480 e. The fourth-order valence-corrected chi connectivity index (χ4v) is 5.56. The van der Waals surface area contributed by atoms with Gasteiger partial charge in [-0.2, -0.15) is 0 Å². The minimum absolute atomic E-state index is 0.0454. The first-order valence-corrected chi connectivity index (χ1v) is 19.5. The summed E-state index contributed by atoms with van der Waals surface area (Å²) in [6.45, 7) is 5.13. The predicted molar refractivity (Wildman–Crippen MR) is 212 cm³/mol. The number of nitrogens with two attached hydrogens (primary N) is 7. The van der Waals surface area contributed by atoms with Crippen molar-refractivity contribution in [1.29, 1.82) is 0 Å². The van der Waals surface area contributed by atoms with Crippen LogP contribution in [0.3, 0.4) is 0 Å². The van der Waals surface area contributed by atoms with E-state index in [1.54, 1.807) is 13.8 Å². The molecule has 0 aliphatic carbocycles. The molecule has 0 aliphatic heterocycles. The first-order chi connectivity index (χ1) is 26.1. The lowest BCUT2D eigenvalue weighted by Gasteiger charge is -2.28. The molecule has 0 radical (unpaired) electrons. The van der Waals surface area contributed by atoms with Gasteiger partial charge in [-0.15, -0.1) is 0 Å². The molecule has 0 rings (SSSR count). The Morgan fingerprint density at radius 2 is 0.873 bits per heavy atom. The zero-order chi connectivity index (χ0) is 41.8. The highest BCUT2D eigenvalue weighted by atomic mass is 16.4. The lowest BCUT2D eigenvalue weighted by Crippen LogP contribution is -2.60. The van der Waals surface area contributed by atoms with Crippen molar-refractivity contribution < 1.29 is 33.9 Å². The number of carbonyl (C=O) groups is 6. The average Bonchev–Trinajstić information content (AvgIpc) is 3.13. The summed E-state index contributed by atoms with van der Waals surface area (Å²) in [4.78, 5) is 83.4. The molecule has 0 spiro atoms. The van der Waals surface area contributed by atoms with E-state index in [-0.39, 0.29) is 50.5 Å². The van der Waals surface area contributed by atoms with Crippen LogP contribution in [0.15, 0.2) is 4.99 Å². The number of carbonyl (C=O) groups excluding carboxylic acids is 5. The molecule has 20 nitrogen and oxygen atoms in total. The predicted octanol–water partition coefficient (Wildman–Crippen LogP) is -2.95. The van der Waals surface area contributed by atoms with E-state index in [0.717, 1.165) is 0 Å². The number of nitrogens with zero attached hydrogens (tertiary/aromatic N) is 1. The summed E-state index contributed by atoms with van der Waals surface area (Å²) in [7, 11) is 0. The normalized spacial score (nSPS) is 14.4. The molecule has 20 heteroatoms. The summed E-state index contributed by atoms with van der Waals surface area (Å²) in [5, 5.41) is 23.1. The van der Waals surface area contributed by atoms with E-state index in [1.807, 2.05) is 0 Å². The second-order valence-electron chi connectivity index (χ2n) is 14.0. The van der Waals surface area contributed by atoms with Gasteiger partial charge in [-0.25, -0.2) is 4.79 Å². The Morgan fingerprint density at radius 1 is 0.509 bits per heavy atom. The Kier molecular flexibility index (Phi) is 27.9. The van der Waals surface area contributed by atoms with Crippen LogP contribution in [0.1, 0.15) is 104 Å². The zero-order valence-corrected chi connectivity index (χ0v) is 32.9. The number of aliphatic carboxylic acids is 1. The summed E-state index contributed by atoms with van der Waals surface area (Å²) < 4.78 is 0. The van der Waals surface area contributed by atoms with E-state index < -0.39 is 71.8 Å². The number of hydrogen-bond donors (Lipinski definition) is 13. The van der Waals surface area contributed by atoms with Crippen molar-refractivity contribution in [3.63, 3.8) is 0 Å². The number of guanidine groups is 1. The molecule has 0 heterocycles. The van der Waals surface area contributed by atoms with E-state index in [9.17, 15) is 33.9 Å². The molecule has 55 heavy (non-hydrogen) atoms. The molecule has 0 unspecified atom stereocenters. The Morgan fingerprint density at radius 3 is 1.25 bits per heavy atom. The summed E-state index contributed by atoms with van der Waals surface area (Å²) in [6.07, 6.45) is 5.52. The zero-order valence-electron chi connectivity index (χ0n) is 32.9. The molecule has 5 amide bonds. The van der Waals surface area contributed by atoms with Crippen LogP contribution in [0.25, 0.3) is 0 Å². The quantitative estimate of drug-likeness (QED) is 0.0184. The molecule has 6 atom stereocenters. The highest BCUT2D eigenvalue weighted by Gasteiger charge is 2.33. The third-order valence-corrected chi connectivity index (χ3v) is 8.85. The number of unbranched alkanes of at least 4 members (excludes halogenated alkanes) is 4. The van der Waals surface area contributed by atoms with Crippen molar-refractivity contribution in [1.82, 2.24) is 26.6 Å². The van der Waals surface area contributed by atoms with Crippen LogP contribution in [-0.2, 0) is 28.8 Å². The first kappa shape index (κ1) is 50.9. The van der Waals surface area contributed by atoms with Gasteiger partial charge in [0.25, 0.3) is 0 Å². The summed E-state index contributed by atoms with van der Waals surface area (Å²) in [5.74, 6) is -4.97. The third kappa shape index (κ3) is 22.8. The topological polar surface area (TPSA) is 377 Å². The first-order valence-electron chi connectivity index (χ1n) is 19.5. The second-order valence-corrected chi connectivity index (χ2v) is 14.0. The van der Waals surface area contributed by atoms with Crippen LogP contribution >= 0.6 is 0 Å². The van der Waals surface area contributed by atoms with Gasteiger partial charge in [0.2, 0.25) is 29.5 Å². The van der Waals surface area contributed by atoms with E-state index in [1.165, 1.54) is 0 Å². The molecule has 0 aromatic rings. The summed E-state index contributed by atoms with van der Waals surface area (Å²) >= 11 is 0. The van der Waals surface area contributed by atoms with E-state index >= 15 is 0 Å². The lowest BCUT2D eigenvalue weighted by molar-refractivity contribution is -0.142. The van der Waals surface area contributed by atoms with Gasteiger partial charge < -0.3 is 71.8 Å². The summed E-state index contributed by atoms with van der Waals surface area (Å²) in [6, 6.07) is -6.55. The van der Waals surface area contributed by atoms with Gasteiger partial charge in [-0.1, -0.05) is 20.3 Å². The van der Waals surface area contributed by atoms with Crippen molar-refractivity contribution in [3.8, 4) is 0 Å². The minimum atomic E-state index is -1.24. The molecule has 0 aliphatic rings. The molecular weight excluding hydrogens is 714 g/mol. The van der Waals surface area contributed by atoms with Gasteiger partial charge >= 0.3 is 5.97 Å². The Labute approximate surface area is 325 Å². The molecule has 0 aromatic carbocycles. The smallest absolute Gasteiger partial charge is 0.326 e. The van der Waals surface area contributed by atoms with Gasteiger partial charge in [-0.05, 0) is 116 Å². The molecule has 0 bridgehead atoms.